The molecule has 0 aliphatic carbocycles. The third-order valence-electron chi connectivity index (χ3n) is 1.44. The highest BCUT2D eigenvalue weighted by Gasteiger charge is 2.01. The molecule has 0 aromatic rings. The molecule has 0 aromatic heterocycles. The molecule has 0 nitrogen and oxygen atoms in total. The second-order valence-electron chi connectivity index (χ2n) is 2.43. The van der Waals surface area contributed by atoms with Crippen molar-refractivity contribution >= 4 is 11.8 Å². The van der Waals surface area contributed by atoms with Gasteiger partial charge in [-0.2, -0.15) is 11.8 Å². The first-order chi connectivity index (χ1) is 4.85. The Labute approximate surface area is 69.1 Å². The average Bonchev–Trinajstić information content (AvgIpc) is 1.98. The summed E-state index contributed by atoms with van der Waals surface area (Å²) in [4.78, 5) is 0. The van der Waals surface area contributed by atoms with Crippen LogP contribution < -0.4 is 0 Å². The molecular weight excluding hydrogens is 140 g/mol. The maximum Gasteiger partial charge on any atom is 0.00788 e. The lowest BCUT2D eigenvalue weighted by Gasteiger charge is -2.10. The van der Waals surface area contributed by atoms with Gasteiger partial charge in [0.05, 0.1) is 0 Å². The molecule has 1 atom stereocenters. The van der Waals surface area contributed by atoms with E-state index >= 15 is 0 Å². The zero-order valence-electron chi connectivity index (χ0n) is 7.10. The van der Waals surface area contributed by atoms with E-state index in [-0.39, 0.29) is 0 Å². The minimum Gasteiger partial charge on any atom is -0.158 e. The van der Waals surface area contributed by atoms with Gasteiger partial charge in [-0.25, -0.2) is 0 Å². The molecule has 0 aromatic carbocycles. The fourth-order valence-electron chi connectivity index (χ4n) is 0.823. The second kappa shape index (κ2) is 7.20. The second-order valence-corrected chi connectivity index (χ2v) is 3.83. The van der Waals surface area contributed by atoms with Crippen molar-refractivity contribution in [2.24, 2.45) is 0 Å². The molecule has 1 unspecified atom stereocenters. The molecule has 0 radical (unpaired) electrons. The van der Waals surface area contributed by atoms with E-state index in [9.17, 15) is 0 Å². The van der Waals surface area contributed by atoms with Crippen molar-refractivity contribution < 1.29 is 0 Å². The highest BCUT2D eigenvalue weighted by molar-refractivity contribution is 7.99. The van der Waals surface area contributed by atoms with Crippen LogP contribution in [0.2, 0.25) is 0 Å². The molecule has 60 valence electrons. The molecule has 0 N–H and O–H groups in total. The van der Waals surface area contributed by atoms with E-state index in [0.717, 1.165) is 5.25 Å². The van der Waals surface area contributed by atoms with Gasteiger partial charge in [-0.1, -0.05) is 19.9 Å². The Hall–Kier alpha value is 0.0900. The van der Waals surface area contributed by atoms with E-state index in [0.29, 0.717) is 0 Å². The summed E-state index contributed by atoms with van der Waals surface area (Å²) in [5.74, 6) is 1.30. The summed E-state index contributed by atoms with van der Waals surface area (Å²) < 4.78 is 0. The summed E-state index contributed by atoms with van der Waals surface area (Å²) in [6, 6.07) is 0. The first kappa shape index (κ1) is 10.1. The van der Waals surface area contributed by atoms with Gasteiger partial charge in [0.15, 0.2) is 0 Å². The Morgan fingerprint density at radius 2 is 2.20 bits per heavy atom. The standard InChI is InChI=1S/C9H18S/c1-4-7-9(6-3)10-8-5-2/h4,9H,1,5-8H2,2-3H3. The van der Waals surface area contributed by atoms with E-state index in [4.69, 9.17) is 0 Å². The smallest absolute Gasteiger partial charge is 0.00788 e. The minimum absolute atomic E-state index is 0.817. The van der Waals surface area contributed by atoms with Crippen LogP contribution in [0.1, 0.15) is 33.1 Å². The Morgan fingerprint density at radius 3 is 2.60 bits per heavy atom. The minimum atomic E-state index is 0.817. The Kier molecular flexibility index (Phi) is 7.26. The summed E-state index contributed by atoms with van der Waals surface area (Å²) in [6.07, 6.45) is 5.76. The lowest BCUT2D eigenvalue weighted by Crippen LogP contribution is -1.99. The number of rotatable bonds is 6. The van der Waals surface area contributed by atoms with Gasteiger partial charge in [0.25, 0.3) is 0 Å². The van der Waals surface area contributed by atoms with Gasteiger partial charge >= 0.3 is 0 Å². The predicted octanol–water partition coefficient (Wildman–Crippen LogP) is 3.48. The molecule has 0 fully saturated rings. The zero-order chi connectivity index (χ0) is 7.82. The zero-order valence-corrected chi connectivity index (χ0v) is 7.91. The van der Waals surface area contributed by atoms with Crippen molar-refractivity contribution in [3.8, 4) is 0 Å². The van der Waals surface area contributed by atoms with Crippen molar-refractivity contribution in [3.63, 3.8) is 0 Å². The SMILES string of the molecule is C=CCC(CC)SCCC. The molecule has 0 bridgehead atoms. The van der Waals surface area contributed by atoms with E-state index in [1.165, 1.54) is 25.0 Å². The maximum absolute atomic E-state index is 3.74. The molecule has 1 heteroatoms. The lowest BCUT2D eigenvalue weighted by atomic mass is 10.2. The van der Waals surface area contributed by atoms with Gasteiger partial charge in [-0.3, -0.25) is 0 Å². The lowest BCUT2D eigenvalue weighted by molar-refractivity contribution is 0.835. The van der Waals surface area contributed by atoms with Crippen LogP contribution in [0.4, 0.5) is 0 Å². The van der Waals surface area contributed by atoms with Crippen molar-refractivity contribution in [1.82, 2.24) is 0 Å². The highest BCUT2D eigenvalue weighted by Crippen LogP contribution is 2.18. The molecule has 0 rings (SSSR count). The molecule has 0 spiro atoms. The summed E-state index contributed by atoms with van der Waals surface area (Å²) in [7, 11) is 0. The van der Waals surface area contributed by atoms with Gasteiger partial charge in [0.1, 0.15) is 0 Å². The first-order valence-electron chi connectivity index (χ1n) is 4.07. The van der Waals surface area contributed by atoms with E-state index in [1.807, 2.05) is 6.08 Å². The molecule has 0 saturated carbocycles. The summed E-state index contributed by atoms with van der Waals surface area (Å²) in [6.45, 7) is 8.22. The Morgan fingerprint density at radius 1 is 1.50 bits per heavy atom. The van der Waals surface area contributed by atoms with E-state index < -0.39 is 0 Å². The van der Waals surface area contributed by atoms with Crippen molar-refractivity contribution in [2.45, 2.75) is 38.4 Å². The molecular formula is C9H18S. The van der Waals surface area contributed by atoms with Crippen LogP contribution in [0, 0.1) is 0 Å². The van der Waals surface area contributed by atoms with Crippen LogP contribution >= 0.6 is 11.8 Å². The van der Waals surface area contributed by atoms with Crippen LogP contribution in [0.15, 0.2) is 12.7 Å². The third-order valence-corrected chi connectivity index (χ3v) is 3.08. The largest absolute Gasteiger partial charge is 0.158 e. The highest BCUT2D eigenvalue weighted by atomic mass is 32.2. The number of hydrogen-bond acceptors (Lipinski definition) is 1. The predicted molar refractivity (Wildman–Crippen MR) is 51.6 cm³/mol. The average molecular weight is 158 g/mol. The third kappa shape index (κ3) is 4.92. The van der Waals surface area contributed by atoms with Crippen LogP contribution in [0.5, 0.6) is 0 Å². The number of hydrogen-bond donors (Lipinski definition) is 0. The van der Waals surface area contributed by atoms with Crippen LogP contribution in [0.3, 0.4) is 0 Å². The van der Waals surface area contributed by atoms with E-state index in [2.05, 4.69) is 32.2 Å². The molecule has 10 heavy (non-hydrogen) atoms. The maximum atomic E-state index is 3.74. The molecule has 0 heterocycles. The fraction of sp³-hybridized carbons (Fsp3) is 0.778. The van der Waals surface area contributed by atoms with E-state index in [1.54, 1.807) is 0 Å². The normalized spacial score (nSPS) is 13.0. The summed E-state index contributed by atoms with van der Waals surface area (Å²) >= 11 is 2.07. The number of allylic oxidation sites excluding steroid dienone is 1. The van der Waals surface area contributed by atoms with Crippen molar-refractivity contribution in [3.05, 3.63) is 12.7 Å². The molecule has 0 aliphatic rings. The molecule has 0 saturated heterocycles. The Bertz CT molecular complexity index is 78.8. The number of thioether (sulfide) groups is 1. The fourth-order valence-corrected chi connectivity index (χ4v) is 1.90. The quantitative estimate of drug-likeness (QED) is 0.533. The van der Waals surface area contributed by atoms with Gasteiger partial charge in [0.2, 0.25) is 0 Å². The van der Waals surface area contributed by atoms with Gasteiger partial charge in [0, 0.05) is 5.25 Å². The van der Waals surface area contributed by atoms with Crippen LogP contribution in [0.25, 0.3) is 0 Å². The summed E-state index contributed by atoms with van der Waals surface area (Å²) in [5.41, 5.74) is 0. The van der Waals surface area contributed by atoms with Crippen molar-refractivity contribution in [2.75, 3.05) is 5.75 Å². The van der Waals surface area contributed by atoms with Gasteiger partial charge in [-0.05, 0) is 25.0 Å². The van der Waals surface area contributed by atoms with Gasteiger partial charge < -0.3 is 0 Å². The topological polar surface area (TPSA) is 0 Å². The Balaban J connectivity index is 3.29. The first-order valence-corrected chi connectivity index (χ1v) is 5.12. The van der Waals surface area contributed by atoms with Crippen LogP contribution in [-0.4, -0.2) is 11.0 Å². The van der Waals surface area contributed by atoms with Gasteiger partial charge in [-0.15, -0.1) is 6.58 Å². The van der Waals surface area contributed by atoms with Crippen molar-refractivity contribution in [1.29, 1.82) is 0 Å². The summed E-state index contributed by atoms with van der Waals surface area (Å²) in [5, 5.41) is 0.817. The van der Waals surface area contributed by atoms with Crippen LogP contribution in [-0.2, 0) is 0 Å². The molecule has 0 aliphatic heterocycles. The monoisotopic (exact) mass is 158 g/mol. The molecule has 0 amide bonds.